The molecule has 3 fully saturated rings. The fourth-order valence-corrected chi connectivity index (χ4v) is 3.32. The molecule has 27 heavy (non-hydrogen) atoms. The predicted octanol–water partition coefficient (Wildman–Crippen LogP) is 7.19. The van der Waals surface area contributed by atoms with Crippen LogP contribution in [0.2, 0.25) is 0 Å². The molecule has 0 atom stereocenters. The summed E-state index contributed by atoms with van der Waals surface area (Å²) in [5, 5.41) is 0. The van der Waals surface area contributed by atoms with Gasteiger partial charge >= 0.3 is 36.9 Å². The molecule has 2 aliphatic carbocycles. The van der Waals surface area contributed by atoms with Crippen LogP contribution in [0.4, 0.5) is 0 Å². The molecule has 0 spiro atoms. The molecular weight excluding hydrogens is 491 g/mol. The predicted molar refractivity (Wildman–Crippen MR) is 116 cm³/mol. The molecule has 3 rings (SSSR count). The monoisotopic (exact) mass is 532 g/mol. The molecule has 1 saturated heterocycles. The van der Waals surface area contributed by atoms with Gasteiger partial charge in [0.2, 0.25) is 0 Å². The summed E-state index contributed by atoms with van der Waals surface area (Å²) in [5.41, 5.74) is 0. The van der Waals surface area contributed by atoms with Crippen LogP contribution in [0.1, 0.15) is 82.1 Å². The van der Waals surface area contributed by atoms with Gasteiger partial charge in [0, 0.05) is 13.2 Å². The van der Waals surface area contributed by atoms with Crippen LogP contribution < -0.4 is 0 Å². The summed E-state index contributed by atoms with van der Waals surface area (Å²) in [6, 6.07) is 0. The summed E-state index contributed by atoms with van der Waals surface area (Å²) < 4.78 is 4.94. The first-order chi connectivity index (χ1) is 11.6. The zero-order chi connectivity index (χ0) is 19.3. The van der Waals surface area contributed by atoms with Gasteiger partial charge in [-0.1, -0.05) is 69.2 Å². The van der Waals surface area contributed by atoms with Crippen LogP contribution >= 0.6 is 0 Å². The maximum absolute atomic E-state index is 4.94. The summed E-state index contributed by atoms with van der Waals surface area (Å²) >= 11 is 0. The number of ether oxygens (including phenoxy) is 1. The molecule has 0 amide bonds. The van der Waals surface area contributed by atoms with Gasteiger partial charge in [0.1, 0.15) is 0 Å². The van der Waals surface area contributed by atoms with Gasteiger partial charge in [0.25, 0.3) is 0 Å². The average molecular weight is 533 g/mol. The Hall–Kier alpha value is 1.19. The van der Waals surface area contributed by atoms with E-state index in [-0.39, 0.29) is 44.3 Å². The summed E-state index contributed by atoms with van der Waals surface area (Å²) in [6.45, 7) is 24.0. The molecule has 1 aliphatic heterocycles. The van der Waals surface area contributed by atoms with Crippen LogP contribution in [-0.4, -0.2) is 13.2 Å². The maximum Gasteiger partial charge on any atom is 3.00 e. The second-order valence-corrected chi connectivity index (χ2v) is 7.57. The molecule has 1 heterocycles. The normalized spacial score (nSPS) is 25.6. The van der Waals surface area contributed by atoms with Gasteiger partial charge < -0.3 is 12.2 Å². The van der Waals surface area contributed by atoms with Crippen molar-refractivity contribution in [2.45, 2.75) is 82.1 Å². The van der Waals surface area contributed by atoms with Crippen molar-refractivity contribution in [1.29, 1.82) is 0 Å². The fourth-order valence-electron chi connectivity index (χ4n) is 3.32. The Kier molecular flexibility index (Phi) is 16.0. The molecule has 0 aromatic carbocycles. The summed E-state index contributed by atoms with van der Waals surface area (Å²) in [4.78, 5) is 0. The van der Waals surface area contributed by atoms with Crippen LogP contribution in [-0.2, 0) is 4.74 Å². The van der Waals surface area contributed by atoms with E-state index in [1.807, 2.05) is 0 Å². The minimum absolute atomic E-state index is 0. The van der Waals surface area contributed by atoms with Crippen molar-refractivity contribution >= 4 is 0 Å². The zero-order valence-electron chi connectivity index (χ0n) is 19.5. The molecule has 0 unspecified atom stereocenters. The molecule has 1 nitrogen and oxygen atoms in total. The van der Waals surface area contributed by atoms with E-state index >= 15 is 0 Å². The number of hydrogen-bond donors (Lipinski definition) is 0. The third-order valence-corrected chi connectivity index (χ3v) is 6.45. The number of rotatable bonds is 0. The van der Waals surface area contributed by atoms with Crippen molar-refractivity contribution in [2.75, 3.05) is 13.2 Å². The van der Waals surface area contributed by atoms with Crippen LogP contribution in [0.3, 0.4) is 0 Å². The molecule has 2 heteroatoms. The van der Waals surface area contributed by atoms with Crippen molar-refractivity contribution in [3.05, 3.63) is 66.6 Å². The fraction of sp³-hybridized carbons (Fsp3) is 0.560. The second kappa shape index (κ2) is 14.2. The summed E-state index contributed by atoms with van der Waals surface area (Å²) in [7, 11) is 0. The SMILES string of the molecule is C1CCOC1.C[C]1[C](C)[C](C)[C](C)[C]1C.C[C]1[C](C)[C](C)[C](C)[C]1C.[CH3-].[Lu+3]. The molecule has 0 aromatic heterocycles. The molecule has 0 bridgehead atoms. The molecule has 0 aromatic rings. The molecule has 160 valence electrons. The van der Waals surface area contributed by atoms with Crippen LogP contribution in [0, 0.1) is 103 Å². The van der Waals surface area contributed by atoms with Crippen molar-refractivity contribution in [3.8, 4) is 0 Å². The number of hydrogen-bond acceptors (Lipinski definition) is 1. The van der Waals surface area contributed by atoms with Crippen LogP contribution in [0.15, 0.2) is 0 Å². The molecule has 2 saturated carbocycles. The van der Waals surface area contributed by atoms with E-state index in [9.17, 15) is 0 Å². The Balaban J connectivity index is 0. The van der Waals surface area contributed by atoms with E-state index in [0.717, 1.165) is 13.2 Å². The van der Waals surface area contributed by atoms with E-state index in [4.69, 9.17) is 4.74 Å². The van der Waals surface area contributed by atoms with E-state index < -0.39 is 0 Å². The Bertz CT molecular complexity index is 240. The van der Waals surface area contributed by atoms with Crippen LogP contribution in [0.5, 0.6) is 0 Å². The molecular formula is C25H41LuO+2. The summed E-state index contributed by atoms with van der Waals surface area (Å²) in [5.74, 6) is 14.7. The van der Waals surface area contributed by atoms with E-state index in [2.05, 4.69) is 69.2 Å². The van der Waals surface area contributed by atoms with Gasteiger partial charge in [-0.05, 0) is 72.0 Å². The van der Waals surface area contributed by atoms with Crippen LogP contribution in [0.25, 0.3) is 0 Å². The van der Waals surface area contributed by atoms with Gasteiger partial charge in [-0.25, -0.2) is 0 Å². The first-order valence-electron chi connectivity index (χ1n) is 9.58. The Morgan fingerprint density at radius 3 is 0.630 bits per heavy atom. The quantitative estimate of drug-likeness (QED) is 0.300. The zero-order valence-corrected chi connectivity index (χ0v) is 21.2. The first-order valence-corrected chi connectivity index (χ1v) is 9.58. The molecule has 0 N–H and O–H groups in total. The van der Waals surface area contributed by atoms with E-state index in [1.54, 1.807) is 0 Å². The van der Waals surface area contributed by atoms with Gasteiger partial charge in [-0.2, -0.15) is 0 Å². The Morgan fingerprint density at radius 2 is 0.556 bits per heavy atom. The second-order valence-electron chi connectivity index (χ2n) is 7.57. The Labute approximate surface area is 202 Å². The van der Waals surface area contributed by atoms with Crippen molar-refractivity contribution < 1.29 is 41.6 Å². The topological polar surface area (TPSA) is 9.23 Å². The van der Waals surface area contributed by atoms with Crippen molar-refractivity contribution in [2.24, 2.45) is 0 Å². The van der Waals surface area contributed by atoms with Gasteiger partial charge in [0.15, 0.2) is 0 Å². The third kappa shape index (κ3) is 8.09. The van der Waals surface area contributed by atoms with E-state index in [1.165, 1.54) is 72.0 Å². The smallest absolute Gasteiger partial charge is 0.381 e. The minimum atomic E-state index is 0. The molecule has 10 radical (unpaired) electrons. The van der Waals surface area contributed by atoms with E-state index in [0.29, 0.717) is 0 Å². The maximum atomic E-state index is 4.94. The standard InChI is InChI=1S/2C10H15.C4H8O.CH3.Lu/c2*1-6-7(2)9(4)10(5)8(6)3;1-2-4-5-3-1;;/h2*1-5H3;1-4H2;1H3;/q;;;-1;+3. The van der Waals surface area contributed by atoms with Gasteiger partial charge in [-0.15, -0.1) is 0 Å². The molecule has 3 aliphatic rings. The average Bonchev–Trinajstić information content (AvgIpc) is 3.29. The van der Waals surface area contributed by atoms with Crippen molar-refractivity contribution in [1.82, 2.24) is 0 Å². The first kappa shape index (κ1) is 30.4. The largest absolute Gasteiger partial charge is 3.00 e. The summed E-state index contributed by atoms with van der Waals surface area (Å²) in [6.07, 6.45) is 2.56. The van der Waals surface area contributed by atoms with Crippen molar-refractivity contribution in [3.63, 3.8) is 0 Å². The van der Waals surface area contributed by atoms with Gasteiger partial charge in [-0.3, -0.25) is 0 Å². The Morgan fingerprint density at radius 1 is 0.407 bits per heavy atom. The third-order valence-electron chi connectivity index (χ3n) is 6.45. The van der Waals surface area contributed by atoms with Gasteiger partial charge in [0.05, 0.1) is 0 Å². The minimum Gasteiger partial charge on any atom is -0.381 e.